The molecule has 0 unspecified atom stereocenters. The van der Waals surface area contributed by atoms with Crippen molar-refractivity contribution in [2.24, 2.45) is 11.3 Å². The molecule has 0 aliphatic carbocycles. The molecule has 0 radical (unpaired) electrons. The standard InChI is InChI=1S/C8H18.C2H4/c1-7(2)6-8(3,4)5;1-2/h7H,6H2,1-5H3;1-2H2. The molecule has 0 heteroatoms. The molecule has 0 amide bonds. The molecule has 62 valence electrons. The first-order valence-electron chi connectivity index (χ1n) is 3.92. The second kappa shape index (κ2) is 5.52. The molecule has 0 aromatic heterocycles. The molecule has 0 fully saturated rings. The molecule has 0 N–H and O–H groups in total. The Kier molecular flexibility index (Phi) is 6.85. The van der Waals surface area contributed by atoms with E-state index in [-0.39, 0.29) is 0 Å². The van der Waals surface area contributed by atoms with Crippen molar-refractivity contribution in [1.82, 2.24) is 0 Å². The lowest BCUT2D eigenvalue weighted by Crippen LogP contribution is -2.08. The zero-order valence-corrected chi connectivity index (χ0v) is 8.20. The van der Waals surface area contributed by atoms with Crippen LogP contribution in [-0.4, -0.2) is 0 Å². The summed E-state index contributed by atoms with van der Waals surface area (Å²) in [5, 5.41) is 0. The summed E-state index contributed by atoms with van der Waals surface area (Å²) >= 11 is 0. The maximum atomic E-state index is 3.00. The van der Waals surface area contributed by atoms with Gasteiger partial charge < -0.3 is 0 Å². The van der Waals surface area contributed by atoms with E-state index in [0.29, 0.717) is 5.41 Å². The highest BCUT2D eigenvalue weighted by Crippen LogP contribution is 2.23. The third kappa shape index (κ3) is 15.6. The van der Waals surface area contributed by atoms with E-state index in [2.05, 4.69) is 47.8 Å². The van der Waals surface area contributed by atoms with E-state index >= 15 is 0 Å². The van der Waals surface area contributed by atoms with Crippen molar-refractivity contribution in [2.75, 3.05) is 0 Å². The van der Waals surface area contributed by atoms with Gasteiger partial charge in [-0.25, -0.2) is 0 Å². The van der Waals surface area contributed by atoms with E-state index in [0.717, 1.165) is 5.92 Å². The van der Waals surface area contributed by atoms with Crippen LogP contribution in [0.2, 0.25) is 0 Å². The first kappa shape index (κ1) is 12.4. The Hall–Kier alpha value is -0.260. The van der Waals surface area contributed by atoms with Crippen molar-refractivity contribution in [3.8, 4) is 0 Å². The summed E-state index contributed by atoms with van der Waals surface area (Å²) in [4.78, 5) is 0. The molecule has 0 heterocycles. The van der Waals surface area contributed by atoms with Crippen LogP contribution in [0, 0.1) is 11.3 Å². The van der Waals surface area contributed by atoms with Gasteiger partial charge in [-0.3, -0.25) is 0 Å². The van der Waals surface area contributed by atoms with Crippen molar-refractivity contribution >= 4 is 0 Å². The maximum Gasteiger partial charge on any atom is -0.0380 e. The smallest absolute Gasteiger partial charge is 0.0380 e. The van der Waals surface area contributed by atoms with Gasteiger partial charge in [0, 0.05) is 0 Å². The lowest BCUT2D eigenvalue weighted by Gasteiger charge is -2.19. The molecule has 0 aliphatic rings. The largest absolute Gasteiger partial charge is 0.106 e. The Balaban J connectivity index is 0. The molecule has 10 heavy (non-hydrogen) atoms. The van der Waals surface area contributed by atoms with Crippen LogP contribution in [-0.2, 0) is 0 Å². The average Bonchev–Trinajstić information content (AvgIpc) is 1.64. The zero-order chi connectivity index (χ0) is 8.78. The fourth-order valence-corrected chi connectivity index (χ4v) is 1.22. The van der Waals surface area contributed by atoms with Gasteiger partial charge in [0.2, 0.25) is 0 Å². The van der Waals surface area contributed by atoms with Crippen molar-refractivity contribution < 1.29 is 0 Å². The monoisotopic (exact) mass is 142 g/mol. The summed E-state index contributed by atoms with van der Waals surface area (Å²) < 4.78 is 0. The molecule has 0 aromatic rings. The minimum atomic E-state index is 0.522. The normalized spacial score (nSPS) is 10.6. The van der Waals surface area contributed by atoms with Gasteiger partial charge in [0.05, 0.1) is 0 Å². The second-order valence-electron chi connectivity index (χ2n) is 4.16. The van der Waals surface area contributed by atoms with E-state index in [1.165, 1.54) is 6.42 Å². The van der Waals surface area contributed by atoms with Crippen molar-refractivity contribution in [3.05, 3.63) is 13.2 Å². The number of hydrogen-bond acceptors (Lipinski definition) is 0. The molecular weight excluding hydrogens is 120 g/mol. The molecule has 0 rings (SSSR count). The van der Waals surface area contributed by atoms with Gasteiger partial charge in [0.25, 0.3) is 0 Å². The number of hydrogen-bond donors (Lipinski definition) is 0. The first-order valence-corrected chi connectivity index (χ1v) is 3.92. The molecule has 0 aromatic carbocycles. The summed E-state index contributed by atoms with van der Waals surface area (Å²) in [5.41, 5.74) is 0.522. The van der Waals surface area contributed by atoms with Gasteiger partial charge in [-0.05, 0) is 17.8 Å². The predicted molar refractivity (Wildman–Crippen MR) is 50.2 cm³/mol. The van der Waals surface area contributed by atoms with Crippen LogP contribution in [0.1, 0.15) is 41.0 Å². The lowest BCUT2D eigenvalue weighted by atomic mass is 9.86. The highest BCUT2D eigenvalue weighted by molar-refractivity contribution is 4.62. The van der Waals surface area contributed by atoms with Crippen molar-refractivity contribution in [2.45, 2.75) is 41.0 Å². The average molecular weight is 142 g/mol. The third-order valence-corrected chi connectivity index (χ3v) is 1.02. The fourth-order valence-electron chi connectivity index (χ4n) is 1.22. The molecular formula is C10H22. The minimum absolute atomic E-state index is 0.522. The van der Waals surface area contributed by atoms with Gasteiger partial charge in [0.1, 0.15) is 0 Å². The van der Waals surface area contributed by atoms with Crippen molar-refractivity contribution in [3.63, 3.8) is 0 Å². The first-order chi connectivity index (χ1) is 4.42. The van der Waals surface area contributed by atoms with E-state index in [4.69, 9.17) is 0 Å². The van der Waals surface area contributed by atoms with Gasteiger partial charge in [-0.1, -0.05) is 34.6 Å². The third-order valence-electron chi connectivity index (χ3n) is 1.02. The van der Waals surface area contributed by atoms with Gasteiger partial charge in [0.15, 0.2) is 0 Å². The quantitative estimate of drug-likeness (QED) is 0.487. The van der Waals surface area contributed by atoms with Crippen LogP contribution in [0.3, 0.4) is 0 Å². The van der Waals surface area contributed by atoms with E-state index in [1.807, 2.05) is 0 Å². The number of rotatable bonds is 1. The van der Waals surface area contributed by atoms with Gasteiger partial charge >= 0.3 is 0 Å². The highest BCUT2D eigenvalue weighted by atomic mass is 14.2. The van der Waals surface area contributed by atoms with Crippen LogP contribution in [0.4, 0.5) is 0 Å². The molecule has 0 saturated heterocycles. The minimum Gasteiger partial charge on any atom is -0.106 e. The predicted octanol–water partition coefficient (Wildman–Crippen LogP) is 3.88. The molecule has 0 atom stereocenters. The molecule has 0 spiro atoms. The molecule has 0 bridgehead atoms. The second-order valence-corrected chi connectivity index (χ2v) is 4.16. The van der Waals surface area contributed by atoms with Crippen LogP contribution in [0.25, 0.3) is 0 Å². The van der Waals surface area contributed by atoms with Gasteiger partial charge in [-0.15, -0.1) is 13.2 Å². The van der Waals surface area contributed by atoms with E-state index in [1.54, 1.807) is 0 Å². The lowest BCUT2D eigenvalue weighted by molar-refractivity contribution is 0.320. The summed E-state index contributed by atoms with van der Waals surface area (Å²) in [6.45, 7) is 17.4. The zero-order valence-electron chi connectivity index (χ0n) is 8.20. The Morgan fingerprint density at radius 2 is 1.40 bits per heavy atom. The van der Waals surface area contributed by atoms with Crippen LogP contribution in [0.15, 0.2) is 13.2 Å². The van der Waals surface area contributed by atoms with Gasteiger partial charge in [-0.2, -0.15) is 0 Å². The van der Waals surface area contributed by atoms with Crippen molar-refractivity contribution in [1.29, 1.82) is 0 Å². The summed E-state index contributed by atoms with van der Waals surface area (Å²) in [6.07, 6.45) is 1.33. The van der Waals surface area contributed by atoms with Crippen LogP contribution in [0.5, 0.6) is 0 Å². The summed E-state index contributed by atoms with van der Waals surface area (Å²) in [5.74, 6) is 0.843. The summed E-state index contributed by atoms with van der Waals surface area (Å²) in [6, 6.07) is 0. The van der Waals surface area contributed by atoms with Crippen LogP contribution >= 0.6 is 0 Å². The molecule has 0 saturated carbocycles. The topological polar surface area (TPSA) is 0 Å². The maximum absolute atomic E-state index is 3.00. The fraction of sp³-hybridized carbons (Fsp3) is 0.800. The Morgan fingerprint density at radius 3 is 1.40 bits per heavy atom. The van der Waals surface area contributed by atoms with E-state index < -0.39 is 0 Å². The summed E-state index contributed by atoms with van der Waals surface area (Å²) in [7, 11) is 0. The van der Waals surface area contributed by atoms with E-state index in [9.17, 15) is 0 Å². The highest BCUT2D eigenvalue weighted by Gasteiger charge is 2.11. The Labute approximate surface area is 66.3 Å². The van der Waals surface area contributed by atoms with Crippen LogP contribution < -0.4 is 0 Å². The molecule has 0 aliphatic heterocycles. The Bertz CT molecular complexity index is 64.6. The SMILES string of the molecule is C=C.CC(C)CC(C)(C)C. The molecule has 0 nitrogen and oxygen atoms in total. The Morgan fingerprint density at radius 1 is 1.10 bits per heavy atom.